The van der Waals surface area contributed by atoms with Gasteiger partial charge in [-0.25, -0.2) is 9.97 Å². The van der Waals surface area contributed by atoms with E-state index in [0.29, 0.717) is 16.8 Å². The first-order valence-electron chi connectivity index (χ1n) is 7.76. The molecule has 0 unspecified atom stereocenters. The van der Waals surface area contributed by atoms with Crippen molar-refractivity contribution in [3.8, 4) is 5.75 Å². The maximum Gasteiger partial charge on any atom is 0.251 e. The lowest BCUT2D eigenvalue weighted by Gasteiger charge is -2.14. The molecular formula is C19H19N3O2. The first-order chi connectivity index (χ1) is 11.6. The molecule has 3 rings (SSSR count). The molecule has 1 amide bonds. The molecule has 5 nitrogen and oxygen atoms in total. The van der Waals surface area contributed by atoms with E-state index < -0.39 is 5.91 Å². The van der Waals surface area contributed by atoms with Crippen LogP contribution in [0.15, 0.2) is 48.8 Å². The van der Waals surface area contributed by atoms with E-state index in [9.17, 15) is 4.79 Å². The largest absolute Gasteiger partial charge is 0.497 e. The van der Waals surface area contributed by atoms with E-state index >= 15 is 0 Å². The average Bonchev–Trinajstić information content (AvgIpc) is 2.61. The van der Waals surface area contributed by atoms with Crippen LogP contribution < -0.4 is 10.5 Å². The number of ether oxygens (including phenoxy) is 1. The highest BCUT2D eigenvalue weighted by molar-refractivity contribution is 6.05. The highest BCUT2D eigenvalue weighted by Crippen LogP contribution is 2.28. The van der Waals surface area contributed by atoms with Gasteiger partial charge in [-0.2, -0.15) is 0 Å². The number of methoxy groups -OCH3 is 1. The molecule has 0 aliphatic rings. The number of nitrogens with two attached hydrogens (primary N) is 1. The predicted octanol–water partition coefficient (Wildman–Crippen LogP) is 3.08. The van der Waals surface area contributed by atoms with Gasteiger partial charge in [-0.05, 0) is 30.0 Å². The maximum atomic E-state index is 11.7. The Bertz CT molecular complexity index is 878. The Morgan fingerprint density at radius 1 is 1.21 bits per heavy atom. The zero-order valence-electron chi connectivity index (χ0n) is 13.7. The second-order valence-electron chi connectivity index (χ2n) is 5.77. The molecule has 0 fully saturated rings. The number of carbonyl (C=O) groups excluding carboxylic acids is 1. The Morgan fingerprint density at radius 2 is 1.96 bits per heavy atom. The lowest BCUT2D eigenvalue weighted by Crippen LogP contribution is -2.13. The van der Waals surface area contributed by atoms with E-state index in [-0.39, 0.29) is 5.92 Å². The van der Waals surface area contributed by atoms with E-state index in [1.165, 1.54) is 11.9 Å². The zero-order valence-corrected chi connectivity index (χ0v) is 13.7. The zero-order chi connectivity index (χ0) is 17.1. The Kier molecular flexibility index (Phi) is 4.42. The minimum Gasteiger partial charge on any atom is -0.497 e. The minimum atomic E-state index is -0.528. The molecule has 0 saturated carbocycles. The molecule has 122 valence electrons. The van der Waals surface area contributed by atoms with Crippen molar-refractivity contribution in [1.29, 1.82) is 0 Å². The van der Waals surface area contributed by atoms with Gasteiger partial charge in [0.25, 0.3) is 5.91 Å². The predicted molar refractivity (Wildman–Crippen MR) is 93.2 cm³/mol. The SMILES string of the molecule is COc1cc(C(N)=O)c2ncnc(C[C@H](C)c3ccccc3)c2c1. The van der Waals surface area contributed by atoms with Gasteiger partial charge in [0.05, 0.1) is 23.9 Å². The van der Waals surface area contributed by atoms with Gasteiger partial charge < -0.3 is 10.5 Å². The fourth-order valence-corrected chi connectivity index (χ4v) is 2.85. The van der Waals surface area contributed by atoms with Crippen molar-refractivity contribution in [1.82, 2.24) is 9.97 Å². The summed E-state index contributed by atoms with van der Waals surface area (Å²) in [4.78, 5) is 20.4. The molecule has 24 heavy (non-hydrogen) atoms. The summed E-state index contributed by atoms with van der Waals surface area (Å²) >= 11 is 0. The summed E-state index contributed by atoms with van der Waals surface area (Å²) in [6, 6.07) is 13.7. The van der Waals surface area contributed by atoms with Gasteiger partial charge in [0, 0.05) is 5.39 Å². The fraction of sp³-hybridized carbons (Fsp3) is 0.211. The molecule has 5 heteroatoms. The number of amides is 1. The molecule has 1 aromatic heterocycles. The first kappa shape index (κ1) is 15.9. The van der Waals surface area contributed by atoms with Crippen LogP contribution in [-0.2, 0) is 6.42 Å². The Morgan fingerprint density at radius 3 is 2.62 bits per heavy atom. The second kappa shape index (κ2) is 6.66. The molecule has 2 aromatic carbocycles. The van der Waals surface area contributed by atoms with Crippen LogP contribution >= 0.6 is 0 Å². The molecule has 0 spiro atoms. The second-order valence-corrected chi connectivity index (χ2v) is 5.77. The number of hydrogen-bond acceptors (Lipinski definition) is 4. The number of hydrogen-bond donors (Lipinski definition) is 1. The third-order valence-corrected chi connectivity index (χ3v) is 4.16. The van der Waals surface area contributed by atoms with E-state index in [1.54, 1.807) is 13.2 Å². The van der Waals surface area contributed by atoms with E-state index in [4.69, 9.17) is 10.5 Å². The quantitative estimate of drug-likeness (QED) is 0.783. The normalized spacial score (nSPS) is 12.1. The van der Waals surface area contributed by atoms with Gasteiger partial charge in [0.2, 0.25) is 0 Å². The van der Waals surface area contributed by atoms with Crippen LogP contribution in [0, 0.1) is 0 Å². The van der Waals surface area contributed by atoms with Crippen molar-refractivity contribution >= 4 is 16.8 Å². The van der Waals surface area contributed by atoms with Crippen LogP contribution in [0.25, 0.3) is 10.9 Å². The first-order valence-corrected chi connectivity index (χ1v) is 7.76. The van der Waals surface area contributed by atoms with Gasteiger partial charge in [0.1, 0.15) is 12.1 Å². The molecule has 0 aliphatic carbocycles. The summed E-state index contributed by atoms with van der Waals surface area (Å²) in [5, 5.41) is 0.799. The molecule has 3 aromatic rings. The van der Waals surface area contributed by atoms with Crippen LogP contribution in [0.5, 0.6) is 5.75 Å². The van der Waals surface area contributed by atoms with Crippen LogP contribution in [0.3, 0.4) is 0 Å². The van der Waals surface area contributed by atoms with Crippen molar-refractivity contribution in [2.45, 2.75) is 19.3 Å². The number of rotatable bonds is 5. The lowest BCUT2D eigenvalue weighted by molar-refractivity contribution is 0.100. The molecular weight excluding hydrogens is 302 g/mol. The van der Waals surface area contributed by atoms with Crippen molar-refractivity contribution in [3.05, 3.63) is 65.6 Å². The van der Waals surface area contributed by atoms with Crippen LogP contribution in [0.4, 0.5) is 0 Å². The average molecular weight is 321 g/mol. The summed E-state index contributed by atoms with van der Waals surface area (Å²) in [5.41, 5.74) is 8.51. The smallest absolute Gasteiger partial charge is 0.251 e. The standard InChI is InChI=1S/C19H19N3O2/c1-12(13-6-4-3-5-7-13)8-17-15-9-14(24-2)10-16(19(20)23)18(15)22-11-21-17/h3-7,9-12H,8H2,1-2H3,(H2,20,23)/t12-/m0/s1. The number of aromatic nitrogens is 2. The lowest BCUT2D eigenvalue weighted by atomic mass is 9.94. The molecule has 1 heterocycles. The highest BCUT2D eigenvalue weighted by atomic mass is 16.5. The molecule has 0 saturated heterocycles. The molecule has 1 atom stereocenters. The summed E-state index contributed by atoms with van der Waals surface area (Å²) in [6.07, 6.45) is 2.21. The fourth-order valence-electron chi connectivity index (χ4n) is 2.85. The third-order valence-electron chi connectivity index (χ3n) is 4.16. The van der Waals surface area contributed by atoms with Crippen molar-refractivity contribution in [2.24, 2.45) is 5.73 Å². The molecule has 0 aliphatic heterocycles. The van der Waals surface area contributed by atoms with Crippen LogP contribution in [0.2, 0.25) is 0 Å². The third kappa shape index (κ3) is 3.06. The van der Waals surface area contributed by atoms with E-state index in [0.717, 1.165) is 17.5 Å². The summed E-state index contributed by atoms with van der Waals surface area (Å²) in [6.45, 7) is 2.15. The highest BCUT2D eigenvalue weighted by Gasteiger charge is 2.16. The van der Waals surface area contributed by atoms with Gasteiger partial charge >= 0.3 is 0 Å². The number of primary amides is 1. The molecule has 0 bridgehead atoms. The topological polar surface area (TPSA) is 78.1 Å². The van der Waals surface area contributed by atoms with Crippen LogP contribution in [-0.4, -0.2) is 23.0 Å². The van der Waals surface area contributed by atoms with Crippen molar-refractivity contribution < 1.29 is 9.53 Å². The number of nitrogens with zero attached hydrogens (tertiary/aromatic N) is 2. The van der Waals surface area contributed by atoms with E-state index in [2.05, 4.69) is 29.0 Å². The Labute approximate surface area is 140 Å². The monoisotopic (exact) mass is 321 g/mol. The van der Waals surface area contributed by atoms with Gasteiger partial charge in [-0.3, -0.25) is 4.79 Å². The summed E-state index contributed by atoms with van der Waals surface area (Å²) in [5.74, 6) is 0.326. The minimum absolute atomic E-state index is 0.285. The van der Waals surface area contributed by atoms with Crippen LogP contribution in [0.1, 0.15) is 34.5 Å². The van der Waals surface area contributed by atoms with Gasteiger partial charge in [-0.1, -0.05) is 37.3 Å². The summed E-state index contributed by atoms with van der Waals surface area (Å²) < 4.78 is 5.29. The van der Waals surface area contributed by atoms with Crippen molar-refractivity contribution in [2.75, 3.05) is 7.11 Å². The molecule has 2 N–H and O–H groups in total. The van der Waals surface area contributed by atoms with Gasteiger partial charge in [0.15, 0.2) is 0 Å². The number of carbonyl (C=O) groups is 1. The Hall–Kier alpha value is -2.95. The molecule has 0 radical (unpaired) electrons. The summed E-state index contributed by atoms with van der Waals surface area (Å²) in [7, 11) is 1.56. The Balaban J connectivity index is 2.08. The number of fused-ring (bicyclic) bond motifs is 1. The number of benzene rings is 2. The van der Waals surface area contributed by atoms with Gasteiger partial charge in [-0.15, -0.1) is 0 Å². The maximum absolute atomic E-state index is 11.7. The van der Waals surface area contributed by atoms with Crippen molar-refractivity contribution in [3.63, 3.8) is 0 Å². The van der Waals surface area contributed by atoms with E-state index in [1.807, 2.05) is 24.3 Å².